The molecule has 0 amide bonds. The number of nitrogens with zero attached hydrogens (tertiary/aromatic N) is 1. The van der Waals surface area contributed by atoms with Crippen LogP contribution in [0.2, 0.25) is 5.22 Å². The number of hydrogen-bond donors (Lipinski definition) is 1. The van der Waals surface area contributed by atoms with Crippen LogP contribution in [0.25, 0.3) is 0 Å². The van der Waals surface area contributed by atoms with Crippen molar-refractivity contribution in [3.63, 3.8) is 0 Å². The zero-order valence-corrected chi connectivity index (χ0v) is 9.95. The first-order valence-electron chi connectivity index (χ1n) is 5.04. The van der Waals surface area contributed by atoms with Crippen molar-refractivity contribution in [2.75, 3.05) is 7.05 Å². The number of rotatable bonds is 3. The first kappa shape index (κ1) is 11.2. The highest BCUT2D eigenvalue weighted by Gasteiger charge is 2.18. The summed E-state index contributed by atoms with van der Waals surface area (Å²) in [5.41, 5.74) is 3.21. The molecular formula is C12H13ClN2O. The molecule has 0 aliphatic heterocycles. The van der Waals surface area contributed by atoms with Crippen LogP contribution in [0, 0.1) is 6.92 Å². The lowest BCUT2D eigenvalue weighted by Gasteiger charge is -2.17. The molecule has 0 saturated heterocycles. The van der Waals surface area contributed by atoms with E-state index in [0.29, 0.717) is 5.22 Å². The number of aromatic nitrogens is 1. The van der Waals surface area contributed by atoms with E-state index in [1.165, 1.54) is 5.56 Å². The summed E-state index contributed by atoms with van der Waals surface area (Å²) in [4.78, 5) is 4.14. The van der Waals surface area contributed by atoms with Gasteiger partial charge in [0.25, 0.3) is 0 Å². The maximum absolute atomic E-state index is 5.99. The minimum absolute atomic E-state index is 0.0138. The van der Waals surface area contributed by atoms with Crippen molar-refractivity contribution in [3.8, 4) is 0 Å². The Kier molecular flexibility index (Phi) is 3.27. The van der Waals surface area contributed by atoms with Gasteiger partial charge in [-0.1, -0.05) is 0 Å². The second kappa shape index (κ2) is 4.68. The van der Waals surface area contributed by atoms with Crippen molar-refractivity contribution >= 4 is 11.6 Å². The second-order valence-corrected chi connectivity index (χ2v) is 3.95. The van der Waals surface area contributed by atoms with E-state index < -0.39 is 0 Å². The van der Waals surface area contributed by atoms with Crippen LogP contribution in [0.15, 0.2) is 35.2 Å². The number of aryl methyl sites for hydroxylation is 1. The molecule has 3 nitrogen and oxygen atoms in total. The van der Waals surface area contributed by atoms with Crippen molar-refractivity contribution in [1.29, 1.82) is 0 Å². The molecule has 4 heteroatoms. The number of furan rings is 1. The monoisotopic (exact) mass is 236 g/mol. The van der Waals surface area contributed by atoms with Crippen molar-refractivity contribution in [1.82, 2.24) is 10.3 Å². The van der Waals surface area contributed by atoms with Crippen LogP contribution in [-0.4, -0.2) is 12.0 Å². The largest absolute Gasteiger partial charge is 0.453 e. The minimum atomic E-state index is 0.0138. The van der Waals surface area contributed by atoms with Gasteiger partial charge in [0.15, 0.2) is 5.22 Å². The number of hydrogen-bond acceptors (Lipinski definition) is 3. The third-order valence-electron chi connectivity index (χ3n) is 2.64. The van der Waals surface area contributed by atoms with Crippen molar-refractivity contribution in [3.05, 3.63) is 52.7 Å². The summed E-state index contributed by atoms with van der Waals surface area (Å²) < 4.78 is 5.11. The molecule has 0 aliphatic carbocycles. The summed E-state index contributed by atoms with van der Waals surface area (Å²) in [5, 5.41) is 3.64. The first-order chi connectivity index (χ1) is 7.74. The van der Waals surface area contributed by atoms with E-state index in [1.807, 2.05) is 25.4 Å². The molecule has 0 aliphatic rings. The van der Waals surface area contributed by atoms with Gasteiger partial charge < -0.3 is 9.73 Å². The predicted octanol–water partition coefficient (Wildman–Crippen LogP) is 2.95. The molecule has 1 N–H and O–H groups in total. The Labute approximate surface area is 99.5 Å². The molecule has 0 fully saturated rings. The number of nitrogens with one attached hydrogen (secondary N) is 1. The summed E-state index contributed by atoms with van der Waals surface area (Å²) in [6.07, 6.45) is 5.22. The van der Waals surface area contributed by atoms with Crippen molar-refractivity contribution in [2.45, 2.75) is 13.0 Å². The Bertz CT molecular complexity index is 481. The molecule has 0 spiro atoms. The topological polar surface area (TPSA) is 38.1 Å². The highest BCUT2D eigenvalue weighted by atomic mass is 35.5. The van der Waals surface area contributed by atoms with E-state index in [1.54, 1.807) is 12.5 Å². The summed E-state index contributed by atoms with van der Waals surface area (Å²) >= 11 is 5.99. The summed E-state index contributed by atoms with van der Waals surface area (Å²) in [6.45, 7) is 2.05. The molecule has 0 aromatic carbocycles. The molecule has 2 aromatic rings. The molecule has 1 atom stereocenters. The van der Waals surface area contributed by atoms with Crippen LogP contribution in [0.5, 0.6) is 0 Å². The van der Waals surface area contributed by atoms with Gasteiger partial charge in [-0.05, 0) is 48.8 Å². The van der Waals surface area contributed by atoms with E-state index >= 15 is 0 Å². The molecule has 2 heterocycles. The summed E-state index contributed by atoms with van der Waals surface area (Å²) in [5.74, 6) is 0. The van der Waals surface area contributed by atoms with Crippen LogP contribution in [0.3, 0.4) is 0 Å². The van der Waals surface area contributed by atoms with Gasteiger partial charge in [-0.2, -0.15) is 0 Å². The third kappa shape index (κ3) is 1.96. The Morgan fingerprint density at radius 3 is 2.75 bits per heavy atom. The first-order valence-corrected chi connectivity index (χ1v) is 5.42. The highest BCUT2D eigenvalue weighted by molar-refractivity contribution is 6.29. The second-order valence-electron chi connectivity index (χ2n) is 3.60. The van der Waals surface area contributed by atoms with Gasteiger partial charge in [0.1, 0.15) is 0 Å². The molecule has 0 radical (unpaired) electrons. The lowest BCUT2D eigenvalue weighted by molar-refractivity contribution is 0.559. The fourth-order valence-corrected chi connectivity index (χ4v) is 1.99. The average molecular weight is 237 g/mol. The van der Waals surface area contributed by atoms with E-state index in [-0.39, 0.29) is 6.04 Å². The Balaban J connectivity index is 2.45. The third-order valence-corrected chi connectivity index (χ3v) is 2.94. The van der Waals surface area contributed by atoms with E-state index in [9.17, 15) is 0 Å². The van der Waals surface area contributed by atoms with Gasteiger partial charge in [0.2, 0.25) is 0 Å². The normalized spacial score (nSPS) is 12.7. The number of pyridine rings is 1. The van der Waals surface area contributed by atoms with Crippen LogP contribution in [0.4, 0.5) is 0 Å². The van der Waals surface area contributed by atoms with Crippen LogP contribution < -0.4 is 5.32 Å². The predicted molar refractivity (Wildman–Crippen MR) is 63.6 cm³/mol. The standard InChI is InChI=1S/C12H13ClN2O/c1-8-3-5-15-7-10(8)11(14-2)9-4-6-16-12(9)13/h3-7,11,14H,1-2H3. The van der Waals surface area contributed by atoms with E-state index in [4.69, 9.17) is 16.0 Å². The Morgan fingerprint density at radius 2 is 2.19 bits per heavy atom. The van der Waals surface area contributed by atoms with Crippen LogP contribution in [-0.2, 0) is 0 Å². The van der Waals surface area contributed by atoms with E-state index in [0.717, 1.165) is 11.1 Å². The lowest BCUT2D eigenvalue weighted by Crippen LogP contribution is -2.18. The molecule has 2 rings (SSSR count). The summed E-state index contributed by atoms with van der Waals surface area (Å²) in [6, 6.07) is 3.86. The van der Waals surface area contributed by atoms with Gasteiger partial charge in [0.05, 0.1) is 12.3 Å². The molecule has 1 unspecified atom stereocenters. The number of halogens is 1. The SMILES string of the molecule is CNC(c1cnccc1C)c1ccoc1Cl. The van der Waals surface area contributed by atoms with Crippen molar-refractivity contribution < 1.29 is 4.42 Å². The zero-order chi connectivity index (χ0) is 11.5. The van der Waals surface area contributed by atoms with Crippen LogP contribution in [0.1, 0.15) is 22.7 Å². The molecule has 0 bridgehead atoms. The zero-order valence-electron chi connectivity index (χ0n) is 9.20. The van der Waals surface area contributed by atoms with Gasteiger partial charge in [-0.15, -0.1) is 0 Å². The van der Waals surface area contributed by atoms with Gasteiger partial charge >= 0.3 is 0 Å². The molecule has 2 aromatic heterocycles. The average Bonchev–Trinajstić information content (AvgIpc) is 2.69. The smallest absolute Gasteiger partial charge is 0.198 e. The van der Waals surface area contributed by atoms with Gasteiger partial charge in [0, 0.05) is 18.0 Å². The van der Waals surface area contributed by atoms with Gasteiger partial charge in [-0.25, -0.2) is 0 Å². The lowest BCUT2D eigenvalue weighted by atomic mass is 9.99. The fraction of sp³-hybridized carbons (Fsp3) is 0.250. The van der Waals surface area contributed by atoms with E-state index in [2.05, 4.69) is 17.2 Å². The highest BCUT2D eigenvalue weighted by Crippen LogP contribution is 2.29. The van der Waals surface area contributed by atoms with Gasteiger partial charge in [-0.3, -0.25) is 4.98 Å². The Hall–Kier alpha value is -1.32. The minimum Gasteiger partial charge on any atom is -0.453 e. The molecular weight excluding hydrogens is 224 g/mol. The summed E-state index contributed by atoms with van der Waals surface area (Å²) in [7, 11) is 1.89. The quantitative estimate of drug-likeness (QED) is 0.891. The molecule has 0 saturated carbocycles. The van der Waals surface area contributed by atoms with Crippen molar-refractivity contribution in [2.24, 2.45) is 0 Å². The maximum Gasteiger partial charge on any atom is 0.198 e. The molecule has 16 heavy (non-hydrogen) atoms. The fourth-order valence-electron chi connectivity index (χ4n) is 1.77. The molecule has 84 valence electrons. The maximum atomic E-state index is 5.99. The van der Waals surface area contributed by atoms with Crippen LogP contribution >= 0.6 is 11.6 Å². The Morgan fingerprint density at radius 1 is 1.38 bits per heavy atom.